The second-order valence-electron chi connectivity index (χ2n) is 5.82. The zero-order valence-corrected chi connectivity index (χ0v) is 12.4. The average Bonchev–Trinajstić information content (AvgIpc) is 3.26. The van der Waals surface area contributed by atoms with E-state index in [1.54, 1.807) is 11.1 Å². The summed E-state index contributed by atoms with van der Waals surface area (Å²) in [5, 5.41) is 25.9. The maximum Gasteiger partial charge on any atom is 0.235 e. The highest BCUT2D eigenvalue weighted by Crippen LogP contribution is 2.52. The van der Waals surface area contributed by atoms with Crippen LogP contribution in [0.25, 0.3) is 5.57 Å². The first-order valence-corrected chi connectivity index (χ1v) is 7.07. The minimum absolute atomic E-state index is 0.0161. The van der Waals surface area contributed by atoms with E-state index in [0.717, 1.165) is 0 Å². The molecule has 0 amide bonds. The molecular formula is C15H18N2O5. The van der Waals surface area contributed by atoms with Gasteiger partial charge in [0.2, 0.25) is 5.79 Å². The zero-order valence-electron chi connectivity index (χ0n) is 12.4. The molecule has 1 aromatic carbocycles. The lowest BCUT2D eigenvalue weighted by atomic mass is 9.88. The van der Waals surface area contributed by atoms with Crippen LogP contribution in [0.3, 0.4) is 0 Å². The van der Waals surface area contributed by atoms with Gasteiger partial charge in [0.05, 0.1) is 23.8 Å². The van der Waals surface area contributed by atoms with Crippen LogP contribution >= 0.6 is 0 Å². The second-order valence-corrected chi connectivity index (χ2v) is 5.82. The Balaban J connectivity index is 1.85. The number of phenols is 1. The molecule has 7 heteroatoms. The number of fused-ring (bicyclic) bond motifs is 6. The Morgan fingerprint density at radius 2 is 2.18 bits per heavy atom. The molecule has 0 aromatic heterocycles. The van der Waals surface area contributed by atoms with Gasteiger partial charge in [0.1, 0.15) is 5.75 Å². The third-order valence-electron chi connectivity index (χ3n) is 4.54. The molecule has 22 heavy (non-hydrogen) atoms. The van der Waals surface area contributed by atoms with Gasteiger partial charge in [-0.05, 0) is 12.1 Å². The van der Waals surface area contributed by atoms with Crippen LogP contribution in [0.4, 0.5) is 5.69 Å². The fourth-order valence-electron chi connectivity index (χ4n) is 3.37. The highest BCUT2D eigenvalue weighted by Gasteiger charge is 2.63. The third-order valence-corrected chi connectivity index (χ3v) is 4.54. The second kappa shape index (κ2) is 4.43. The Hall–Kier alpha value is -1.64. The summed E-state index contributed by atoms with van der Waals surface area (Å²) in [5.41, 5.74) is 2.16. The predicted molar refractivity (Wildman–Crippen MR) is 78.0 cm³/mol. The first kappa shape index (κ1) is 14.0. The molecular weight excluding hydrogens is 288 g/mol. The number of rotatable bonds is 3. The molecule has 3 unspecified atom stereocenters. The zero-order chi connectivity index (χ0) is 15.6. The number of hydroxylamine groups is 1. The Kier molecular flexibility index (Phi) is 2.82. The van der Waals surface area contributed by atoms with E-state index in [1.807, 2.05) is 6.07 Å². The van der Waals surface area contributed by atoms with Gasteiger partial charge in [-0.1, -0.05) is 6.58 Å². The summed E-state index contributed by atoms with van der Waals surface area (Å²) in [7, 11) is 3.05. The number of nitrogens with zero attached hydrogens (tertiary/aromatic N) is 1. The number of ether oxygens (including phenoxy) is 2. The third kappa shape index (κ3) is 1.68. The lowest BCUT2D eigenvalue weighted by Gasteiger charge is -2.44. The lowest BCUT2D eigenvalue weighted by molar-refractivity contribution is -0.182. The van der Waals surface area contributed by atoms with Crippen LogP contribution in [0.5, 0.6) is 5.75 Å². The van der Waals surface area contributed by atoms with E-state index in [2.05, 4.69) is 11.9 Å². The van der Waals surface area contributed by atoms with Gasteiger partial charge < -0.3 is 25.0 Å². The summed E-state index contributed by atoms with van der Waals surface area (Å²) in [4.78, 5) is 5.69. The summed E-state index contributed by atoms with van der Waals surface area (Å²) in [6.07, 6.45) is -0.595. The van der Waals surface area contributed by atoms with Gasteiger partial charge in [0.25, 0.3) is 0 Å². The minimum atomic E-state index is -1.52. The Bertz CT molecular complexity index is 660. The van der Waals surface area contributed by atoms with E-state index < -0.39 is 12.1 Å². The first-order valence-electron chi connectivity index (χ1n) is 7.07. The van der Waals surface area contributed by atoms with Gasteiger partial charge in [-0.25, -0.2) is 9.90 Å². The van der Waals surface area contributed by atoms with Crippen LogP contribution in [0.1, 0.15) is 17.4 Å². The van der Waals surface area contributed by atoms with E-state index in [0.29, 0.717) is 28.9 Å². The smallest absolute Gasteiger partial charge is 0.235 e. The number of hydrogen-bond donors (Lipinski definition) is 3. The van der Waals surface area contributed by atoms with Crippen LogP contribution in [-0.2, 0) is 14.3 Å². The van der Waals surface area contributed by atoms with Gasteiger partial charge in [0.15, 0.2) is 6.29 Å². The Labute approximate surface area is 127 Å². The standard InChI is InChI=1S/C15H18N2O5/c1-7-12-10(4-8(5-11(12)18)14(20-2)21-3)17-6-9-13(16-9)15(7,19)22-17/h4-5,9,13-14,16,18-19H,1,6H2,2-3H3. The number of benzene rings is 1. The molecule has 2 bridgehead atoms. The van der Waals surface area contributed by atoms with Crippen molar-refractivity contribution < 1.29 is 24.5 Å². The van der Waals surface area contributed by atoms with Crippen molar-refractivity contribution in [1.82, 2.24) is 5.32 Å². The van der Waals surface area contributed by atoms with Crippen LogP contribution in [0.15, 0.2) is 18.7 Å². The topological polar surface area (TPSA) is 93.3 Å². The van der Waals surface area contributed by atoms with Crippen molar-refractivity contribution >= 4 is 11.3 Å². The summed E-state index contributed by atoms with van der Waals surface area (Å²) in [5.74, 6) is -1.50. The molecule has 3 atom stereocenters. The quantitative estimate of drug-likeness (QED) is 0.553. The fraction of sp³-hybridized carbons (Fsp3) is 0.467. The highest BCUT2D eigenvalue weighted by atomic mass is 16.8. The summed E-state index contributed by atoms with van der Waals surface area (Å²) in [6, 6.07) is 3.34. The van der Waals surface area contributed by atoms with Gasteiger partial charge in [0, 0.05) is 31.4 Å². The van der Waals surface area contributed by atoms with E-state index >= 15 is 0 Å². The molecule has 2 saturated heterocycles. The molecule has 1 aromatic rings. The molecule has 0 spiro atoms. The van der Waals surface area contributed by atoms with E-state index in [4.69, 9.17) is 14.3 Å². The molecule has 3 N–H and O–H groups in total. The molecule has 4 rings (SSSR count). The van der Waals surface area contributed by atoms with Crippen molar-refractivity contribution in [3.05, 3.63) is 29.8 Å². The number of hydrogen-bond acceptors (Lipinski definition) is 7. The van der Waals surface area contributed by atoms with Crippen LogP contribution in [-0.4, -0.2) is 48.8 Å². The van der Waals surface area contributed by atoms with E-state index in [-0.39, 0.29) is 17.8 Å². The van der Waals surface area contributed by atoms with Crippen molar-refractivity contribution in [3.63, 3.8) is 0 Å². The van der Waals surface area contributed by atoms with E-state index in [1.165, 1.54) is 14.2 Å². The SMILES string of the molecule is C=C1c2c(O)cc(C(OC)OC)cc2N2CC3NC3C1(O)O2. The van der Waals surface area contributed by atoms with Gasteiger partial charge in [-0.15, -0.1) is 0 Å². The largest absolute Gasteiger partial charge is 0.507 e. The molecule has 0 aliphatic carbocycles. The van der Waals surface area contributed by atoms with E-state index in [9.17, 15) is 10.2 Å². The normalized spacial score (nSPS) is 32.0. The first-order chi connectivity index (χ1) is 10.5. The molecule has 0 saturated carbocycles. The van der Waals surface area contributed by atoms with Gasteiger partial charge in [-0.3, -0.25) is 0 Å². The van der Waals surface area contributed by atoms with Gasteiger partial charge in [-0.2, -0.15) is 0 Å². The molecule has 3 aliphatic heterocycles. The molecule has 0 radical (unpaired) electrons. The molecule has 2 fully saturated rings. The monoisotopic (exact) mass is 306 g/mol. The number of aromatic hydroxyl groups is 1. The van der Waals surface area contributed by atoms with Gasteiger partial charge >= 0.3 is 0 Å². The Morgan fingerprint density at radius 3 is 2.86 bits per heavy atom. The van der Waals surface area contributed by atoms with Crippen molar-refractivity contribution in [2.45, 2.75) is 24.2 Å². The van der Waals surface area contributed by atoms with Crippen molar-refractivity contribution in [3.8, 4) is 5.75 Å². The summed E-state index contributed by atoms with van der Waals surface area (Å²) in [6.45, 7) is 4.52. The maximum absolute atomic E-state index is 10.7. The molecule has 7 nitrogen and oxygen atoms in total. The number of methoxy groups -OCH3 is 2. The van der Waals surface area contributed by atoms with Crippen LogP contribution in [0.2, 0.25) is 0 Å². The average molecular weight is 306 g/mol. The summed E-state index contributed by atoms with van der Waals surface area (Å²) >= 11 is 0. The molecule has 3 heterocycles. The van der Waals surface area contributed by atoms with Crippen molar-refractivity contribution in [2.75, 3.05) is 25.8 Å². The molecule has 3 aliphatic rings. The maximum atomic E-state index is 10.7. The van der Waals surface area contributed by atoms with Crippen LogP contribution in [0, 0.1) is 0 Å². The summed E-state index contributed by atoms with van der Waals surface area (Å²) < 4.78 is 10.5. The minimum Gasteiger partial charge on any atom is -0.507 e. The highest BCUT2D eigenvalue weighted by molar-refractivity contribution is 5.86. The Morgan fingerprint density at radius 1 is 1.45 bits per heavy atom. The lowest BCUT2D eigenvalue weighted by Crippen LogP contribution is -2.55. The van der Waals surface area contributed by atoms with Crippen LogP contribution < -0.4 is 10.4 Å². The predicted octanol–water partition coefficient (Wildman–Crippen LogP) is 0.491. The van der Waals surface area contributed by atoms with Crippen molar-refractivity contribution in [1.29, 1.82) is 0 Å². The fourth-order valence-corrected chi connectivity index (χ4v) is 3.37. The number of anilines is 1. The molecule has 118 valence electrons. The van der Waals surface area contributed by atoms with Crippen molar-refractivity contribution in [2.24, 2.45) is 0 Å². The number of phenolic OH excluding ortho intramolecular Hbond substituents is 1. The number of nitrogens with one attached hydrogen (secondary N) is 1. The number of aliphatic hydroxyl groups is 1.